The molecule has 0 aromatic heterocycles. The average molecular weight is 225 g/mol. The molecule has 4 heteroatoms. The van der Waals surface area contributed by atoms with Crippen LogP contribution in [0, 0.1) is 5.41 Å². The van der Waals surface area contributed by atoms with Gasteiger partial charge in [-0.1, -0.05) is 6.92 Å². The Bertz CT molecular complexity index is 238. The molecule has 0 aromatic carbocycles. The van der Waals surface area contributed by atoms with Crippen molar-refractivity contribution in [3.8, 4) is 0 Å². The number of amidine groups is 1. The van der Waals surface area contributed by atoms with Crippen LogP contribution in [0.2, 0.25) is 0 Å². The normalized spacial score (nSPS) is 27.3. The highest BCUT2D eigenvalue weighted by molar-refractivity contribution is 5.79. The van der Waals surface area contributed by atoms with Gasteiger partial charge >= 0.3 is 0 Å². The summed E-state index contributed by atoms with van der Waals surface area (Å²) >= 11 is 0. The fourth-order valence-electron chi connectivity index (χ4n) is 2.62. The maximum Gasteiger partial charge on any atom is 0.0958 e. The van der Waals surface area contributed by atoms with Crippen LogP contribution in [0.25, 0.3) is 0 Å². The van der Waals surface area contributed by atoms with Gasteiger partial charge in [-0.3, -0.25) is 10.3 Å². The Morgan fingerprint density at radius 1 is 1.31 bits per heavy atom. The summed E-state index contributed by atoms with van der Waals surface area (Å²) in [6, 6.07) is 0.654. The van der Waals surface area contributed by atoms with E-state index in [1.807, 2.05) is 0 Å². The van der Waals surface area contributed by atoms with E-state index in [0.29, 0.717) is 6.04 Å². The Labute approximate surface area is 98.1 Å². The molecule has 1 N–H and O–H groups in total. The van der Waals surface area contributed by atoms with Gasteiger partial charge in [0.2, 0.25) is 0 Å². The SMILES string of the molecule is CCCC(=N)N1CCC(N2CCOCC2)C1. The third-order valence-electron chi connectivity index (χ3n) is 3.59. The Morgan fingerprint density at radius 3 is 2.75 bits per heavy atom. The average Bonchev–Trinajstić information content (AvgIpc) is 2.80. The van der Waals surface area contributed by atoms with Crippen LogP contribution >= 0.6 is 0 Å². The molecule has 2 aliphatic rings. The summed E-state index contributed by atoms with van der Waals surface area (Å²) in [5.74, 6) is 0.832. The second-order valence-corrected chi connectivity index (χ2v) is 4.73. The van der Waals surface area contributed by atoms with Gasteiger partial charge in [-0.2, -0.15) is 0 Å². The monoisotopic (exact) mass is 225 g/mol. The molecule has 92 valence electrons. The van der Waals surface area contributed by atoms with Gasteiger partial charge in [0.1, 0.15) is 0 Å². The first-order valence-electron chi connectivity index (χ1n) is 6.45. The highest BCUT2D eigenvalue weighted by Gasteiger charge is 2.29. The van der Waals surface area contributed by atoms with E-state index in [0.717, 1.165) is 58.1 Å². The lowest BCUT2D eigenvalue weighted by Crippen LogP contribution is -2.45. The zero-order chi connectivity index (χ0) is 11.4. The molecule has 2 fully saturated rings. The van der Waals surface area contributed by atoms with Crippen molar-refractivity contribution in [2.45, 2.75) is 32.2 Å². The summed E-state index contributed by atoms with van der Waals surface area (Å²) in [6.07, 6.45) is 3.22. The van der Waals surface area contributed by atoms with Gasteiger partial charge in [-0.15, -0.1) is 0 Å². The van der Waals surface area contributed by atoms with Crippen LogP contribution in [0.5, 0.6) is 0 Å². The van der Waals surface area contributed by atoms with Gasteiger partial charge in [0, 0.05) is 38.6 Å². The van der Waals surface area contributed by atoms with Crippen LogP contribution in [0.3, 0.4) is 0 Å². The topological polar surface area (TPSA) is 39.6 Å². The summed E-state index contributed by atoms with van der Waals surface area (Å²) in [6.45, 7) is 8.16. The number of nitrogens with one attached hydrogen (secondary N) is 1. The van der Waals surface area contributed by atoms with Crippen LogP contribution in [-0.2, 0) is 4.74 Å². The molecule has 1 atom stereocenters. The van der Waals surface area contributed by atoms with Crippen molar-refractivity contribution < 1.29 is 4.74 Å². The summed E-state index contributed by atoms with van der Waals surface area (Å²) in [7, 11) is 0. The zero-order valence-electron chi connectivity index (χ0n) is 10.2. The Balaban J connectivity index is 1.80. The lowest BCUT2D eigenvalue weighted by Gasteiger charge is -2.32. The fourth-order valence-corrected chi connectivity index (χ4v) is 2.62. The number of rotatable bonds is 3. The smallest absolute Gasteiger partial charge is 0.0958 e. The molecule has 1 unspecified atom stereocenters. The predicted octanol–water partition coefficient (Wildman–Crippen LogP) is 1.17. The van der Waals surface area contributed by atoms with Crippen LogP contribution in [0.1, 0.15) is 26.2 Å². The van der Waals surface area contributed by atoms with Crippen molar-refractivity contribution in [2.24, 2.45) is 0 Å². The molecule has 0 spiro atoms. The lowest BCUT2D eigenvalue weighted by molar-refractivity contribution is 0.0195. The van der Waals surface area contributed by atoms with Crippen LogP contribution in [0.4, 0.5) is 0 Å². The predicted molar refractivity (Wildman–Crippen MR) is 65.0 cm³/mol. The molecule has 0 bridgehead atoms. The van der Waals surface area contributed by atoms with Gasteiger partial charge in [-0.05, 0) is 12.8 Å². The molecule has 0 aromatic rings. The third-order valence-corrected chi connectivity index (χ3v) is 3.59. The first kappa shape index (κ1) is 11.9. The van der Waals surface area contributed by atoms with Gasteiger partial charge in [0.15, 0.2) is 0 Å². The van der Waals surface area contributed by atoms with Crippen molar-refractivity contribution in [1.82, 2.24) is 9.80 Å². The molecule has 16 heavy (non-hydrogen) atoms. The van der Waals surface area contributed by atoms with E-state index in [1.54, 1.807) is 0 Å². The number of likely N-dealkylation sites (tertiary alicyclic amines) is 1. The van der Waals surface area contributed by atoms with Crippen molar-refractivity contribution in [1.29, 1.82) is 5.41 Å². The van der Waals surface area contributed by atoms with Crippen LogP contribution in [-0.4, -0.2) is 61.1 Å². The number of hydrogen-bond acceptors (Lipinski definition) is 3. The molecule has 2 saturated heterocycles. The van der Waals surface area contributed by atoms with Crippen LogP contribution < -0.4 is 0 Å². The number of morpholine rings is 1. The van der Waals surface area contributed by atoms with Gasteiger partial charge in [0.05, 0.1) is 19.0 Å². The van der Waals surface area contributed by atoms with Crippen LogP contribution in [0.15, 0.2) is 0 Å². The Hall–Kier alpha value is -0.610. The number of hydrogen-bond donors (Lipinski definition) is 1. The van der Waals surface area contributed by atoms with Gasteiger partial charge in [0.25, 0.3) is 0 Å². The largest absolute Gasteiger partial charge is 0.379 e. The second kappa shape index (κ2) is 5.64. The summed E-state index contributed by atoms with van der Waals surface area (Å²) in [4.78, 5) is 4.78. The first-order valence-corrected chi connectivity index (χ1v) is 6.45. The third kappa shape index (κ3) is 2.74. The molecule has 0 amide bonds. The molecule has 0 radical (unpaired) electrons. The molecular weight excluding hydrogens is 202 g/mol. The quantitative estimate of drug-likeness (QED) is 0.579. The number of nitrogens with zero attached hydrogens (tertiary/aromatic N) is 2. The summed E-state index contributed by atoms with van der Waals surface area (Å²) in [5.41, 5.74) is 0. The van der Waals surface area contributed by atoms with E-state index >= 15 is 0 Å². The van der Waals surface area contributed by atoms with Crippen molar-refractivity contribution >= 4 is 5.84 Å². The second-order valence-electron chi connectivity index (χ2n) is 4.73. The first-order chi connectivity index (χ1) is 7.81. The molecule has 4 nitrogen and oxygen atoms in total. The minimum atomic E-state index is 0.654. The standard InChI is InChI=1S/C12H23N3O/c1-2-3-12(13)15-5-4-11(10-15)14-6-8-16-9-7-14/h11,13H,2-10H2,1H3. The van der Waals surface area contributed by atoms with Gasteiger partial charge in [-0.25, -0.2) is 0 Å². The Morgan fingerprint density at radius 2 is 2.06 bits per heavy atom. The van der Waals surface area contributed by atoms with Crippen molar-refractivity contribution in [2.75, 3.05) is 39.4 Å². The minimum Gasteiger partial charge on any atom is -0.379 e. The summed E-state index contributed by atoms with van der Waals surface area (Å²) < 4.78 is 5.37. The van der Waals surface area contributed by atoms with Crippen molar-refractivity contribution in [3.63, 3.8) is 0 Å². The Kier molecular flexibility index (Phi) is 4.18. The highest BCUT2D eigenvalue weighted by Crippen LogP contribution is 2.17. The minimum absolute atomic E-state index is 0.654. The molecule has 2 rings (SSSR count). The molecule has 0 aliphatic carbocycles. The molecular formula is C12H23N3O. The fraction of sp³-hybridized carbons (Fsp3) is 0.917. The molecule has 2 aliphatic heterocycles. The number of ether oxygens (including phenoxy) is 1. The van der Waals surface area contributed by atoms with E-state index in [9.17, 15) is 0 Å². The maximum absolute atomic E-state index is 7.97. The summed E-state index contributed by atoms with van der Waals surface area (Å²) in [5, 5.41) is 7.97. The van der Waals surface area contributed by atoms with E-state index < -0.39 is 0 Å². The van der Waals surface area contributed by atoms with E-state index in [4.69, 9.17) is 10.1 Å². The maximum atomic E-state index is 7.97. The lowest BCUT2D eigenvalue weighted by atomic mass is 10.2. The highest BCUT2D eigenvalue weighted by atomic mass is 16.5. The van der Waals surface area contributed by atoms with E-state index in [1.165, 1.54) is 6.42 Å². The van der Waals surface area contributed by atoms with Crippen molar-refractivity contribution in [3.05, 3.63) is 0 Å². The van der Waals surface area contributed by atoms with E-state index in [-0.39, 0.29) is 0 Å². The molecule has 2 heterocycles. The zero-order valence-corrected chi connectivity index (χ0v) is 10.2. The van der Waals surface area contributed by atoms with Gasteiger partial charge < -0.3 is 9.64 Å². The molecule has 0 saturated carbocycles. The van der Waals surface area contributed by atoms with E-state index in [2.05, 4.69) is 16.7 Å².